The number of alkyl halides is 1. The lowest BCUT2D eigenvalue weighted by atomic mass is 10.2. The zero-order valence-electron chi connectivity index (χ0n) is 14.3. The molecule has 0 heterocycles. The average Bonchev–Trinajstić information content (AvgIpc) is 2.54. The summed E-state index contributed by atoms with van der Waals surface area (Å²) in [5.74, 6) is 0.766. The molecule has 0 aromatic heterocycles. The van der Waals surface area contributed by atoms with Gasteiger partial charge in [0.15, 0.2) is 0 Å². The molecular formula is C17H35ClO4. The minimum atomic E-state index is 0.620. The van der Waals surface area contributed by atoms with E-state index in [1.165, 1.54) is 25.7 Å². The number of unbranched alkanes of at least 4 members (excludes halogenated alkanes) is 5. The third-order valence-electron chi connectivity index (χ3n) is 3.18. The molecule has 0 bridgehead atoms. The topological polar surface area (TPSA) is 36.9 Å². The first kappa shape index (κ1) is 22.1. The summed E-state index contributed by atoms with van der Waals surface area (Å²) in [6.45, 7) is 7.72. The lowest BCUT2D eigenvalue weighted by Gasteiger charge is -2.07. The highest BCUT2D eigenvalue weighted by molar-refractivity contribution is 6.17. The van der Waals surface area contributed by atoms with Gasteiger partial charge >= 0.3 is 0 Å². The number of ether oxygens (including phenoxy) is 4. The maximum Gasteiger partial charge on any atom is 0.0701 e. The molecule has 5 heteroatoms. The fourth-order valence-corrected chi connectivity index (χ4v) is 2.06. The molecule has 134 valence electrons. The summed E-state index contributed by atoms with van der Waals surface area (Å²) in [7, 11) is 0. The van der Waals surface area contributed by atoms with Crippen molar-refractivity contribution in [3.05, 3.63) is 0 Å². The van der Waals surface area contributed by atoms with Crippen molar-refractivity contribution < 1.29 is 18.9 Å². The first-order valence-electron chi connectivity index (χ1n) is 8.78. The third-order valence-corrected chi connectivity index (χ3v) is 3.45. The van der Waals surface area contributed by atoms with Crippen LogP contribution in [0.1, 0.15) is 51.9 Å². The van der Waals surface area contributed by atoms with Gasteiger partial charge in [-0.2, -0.15) is 0 Å². The van der Waals surface area contributed by atoms with Gasteiger partial charge in [-0.3, -0.25) is 0 Å². The molecule has 0 aliphatic heterocycles. The van der Waals surface area contributed by atoms with Crippen LogP contribution in [0.3, 0.4) is 0 Å². The minimum Gasteiger partial charge on any atom is -0.379 e. The molecule has 4 nitrogen and oxygen atoms in total. The van der Waals surface area contributed by atoms with Crippen molar-refractivity contribution in [3.63, 3.8) is 0 Å². The standard InChI is InChI=1S/C17H35ClO4/c1-2-3-7-10-19-12-14-21-16-17-22-15-13-20-11-8-5-4-6-9-18/h2-17H2,1H3. The second-order valence-electron chi connectivity index (χ2n) is 5.26. The highest BCUT2D eigenvalue weighted by Crippen LogP contribution is 2.01. The van der Waals surface area contributed by atoms with Crippen molar-refractivity contribution in [2.75, 3.05) is 58.7 Å². The van der Waals surface area contributed by atoms with Gasteiger partial charge in [-0.05, 0) is 19.3 Å². The summed E-state index contributed by atoms with van der Waals surface area (Å²) < 4.78 is 21.8. The fraction of sp³-hybridized carbons (Fsp3) is 1.00. The monoisotopic (exact) mass is 338 g/mol. The lowest BCUT2D eigenvalue weighted by molar-refractivity contribution is -0.00245. The molecule has 22 heavy (non-hydrogen) atoms. The van der Waals surface area contributed by atoms with Crippen LogP contribution in [0, 0.1) is 0 Å². The molecule has 0 fully saturated rings. The Kier molecular flexibility index (Phi) is 21.3. The Morgan fingerprint density at radius 2 is 0.909 bits per heavy atom. The van der Waals surface area contributed by atoms with Crippen LogP contribution >= 0.6 is 11.6 Å². The Hall–Kier alpha value is 0.130. The summed E-state index contributed by atoms with van der Waals surface area (Å²) in [6, 6.07) is 0. The van der Waals surface area contributed by atoms with Crippen LogP contribution in [0.25, 0.3) is 0 Å². The van der Waals surface area contributed by atoms with Crippen LogP contribution in [0.2, 0.25) is 0 Å². The van der Waals surface area contributed by atoms with Crippen LogP contribution in [0.5, 0.6) is 0 Å². The van der Waals surface area contributed by atoms with Gasteiger partial charge in [0.1, 0.15) is 0 Å². The van der Waals surface area contributed by atoms with E-state index in [1.54, 1.807) is 0 Å². The molecule has 0 rings (SSSR count). The van der Waals surface area contributed by atoms with Gasteiger partial charge in [0.25, 0.3) is 0 Å². The molecule has 0 aliphatic carbocycles. The molecule has 0 N–H and O–H groups in total. The molecule has 0 atom stereocenters. The number of rotatable bonds is 19. The Bertz CT molecular complexity index is 173. The predicted octanol–water partition coefficient (Wildman–Crippen LogP) is 4.04. The van der Waals surface area contributed by atoms with Gasteiger partial charge in [0.2, 0.25) is 0 Å². The van der Waals surface area contributed by atoms with Gasteiger partial charge in [-0.25, -0.2) is 0 Å². The normalized spacial score (nSPS) is 11.2. The number of hydrogen-bond acceptors (Lipinski definition) is 4. The SMILES string of the molecule is CCCCCOCCOCCOCCOCCCCCCCl. The summed E-state index contributed by atoms with van der Waals surface area (Å²) in [6.07, 6.45) is 8.23. The predicted molar refractivity (Wildman–Crippen MR) is 92.0 cm³/mol. The average molecular weight is 339 g/mol. The third kappa shape index (κ3) is 20.1. The van der Waals surface area contributed by atoms with E-state index in [0.29, 0.717) is 39.6 Å². The molecule has 0 radical (unpaired) electrons. The van der Waals surface area contributed by atoms with Crippen molar-refractivity contribution in [1.29, 1.82) is 0 Å². The van der Waals surface area contributed by atoms with Gasteiger partial charge < -0.3 is 18.9 Å². The Morgan fingerprint density at radius 1 is 0.500 bits per heavy atom. The minimum absolute atomic E-state index is 0.620. The molecule has 0 aliphatic rings. The van der Waals surface area contributed by atoms with Crippen molar-refractivity contribution in [2.45, 2.75) is 51.9 Å². The van der Waals surface area contributed by atoms with E-state index < -0.39 is 0 Å². The van der Waals surface area contributed by atoms with Crippen LogP contribution in [0.4, 0.5) is 0 Å². The summed E-state index contributed by atoms with van der Waals surface area (Å²) in [5.41, 5.74) is 0. The highest BCUT2D eigenvalue weighted by Gasteiger charge is 1.93. The van der Waals surface area contributed by atoms with Crippen molar-refractivity contribution in [3.8, 4) is 0 Å². The molecule has 0 aromatic rings. The molecule has 0 spiro atoms. The maximum absolute atomic E-state index is 5.61. The van der Waals surface area contributed by atoms with Crippen LogP contribution in [-0.2, 0) is 18.9 Å². The Balaban J connectivity index is 2.91. The first-order valence-corrected chi connectivity index (χ1v) is 9.32. The van der Waals surface area contributed by atoms with Gasteiger partial charge in [0.05, 0.1) is 39.6 Å². The summed E-state index contributed by atoms with van der Waals surface area (Å²) in [4.78, 5) is 0. The van der Waals surface area contributed by atoms with E-state index in [9.17, 15) is 0 Å². The van der Waals surface area contributed by atoms with Crippen molar-refractivity contribution in [2.24, 2.45) is 0 Å². The number of halogens is 1. The zero-order chi connectivity index (χ0) is 16.1. The van der Waals surface area contributed by atoms with Crippen LogP contribution < -0.4 is 0 Å². The second kappa shape index (κ2) is 21.1. The smallest absolute Gasteiger partial charge is 0.0701 e. The molecule has 0 unspecified atom stereocenters. The zero-order valence-corrected chi connectivity index (χ0v) is 15.1. The van der Waals surface area contributed by atoms with Crippen LogP contribution in [-0.4, -0.2) is 58.7 Å². The van der Waals surface area contributed by atoms with Crippen molar-refractivity contribution in [1.82, 2.24) is 0 Å². The van der Waals surface area contributed by atoms with Gasteiger partial charge in [0, 0.05) is 19.1 Å². The Labute approximate surface area is 141 Å². The largest absolute Gasteiger partial charge is 0.379 e. The van der Waals surface area contributed by atoms with E-state index >= 15 is 0 Å². The fourth-order valence-electron chi connectivity index (χ4n) is 1.87. The Morgan fingerprint density at radius 3 is 1.36 bits per heavy atom. The molecule has 0 amide bonds. The van der Waals surface area contributed by atoms with E-state index in [2.05, 4.69) is 6.92 Å². The molecule has 0 aromatic carbocycles. The van der Waals surface area contributed by atoms with E-state index in [-0.39, 0.29) is 0 Å². The molecular weight excluding hydrogens is 304 g/mol. The highest BCUT2D eigenvalue weighted by atomic mass is 35.5. The molecule has 0 saturated carbocycles. The summed E-state index contributed by atoms with van der Waals surface area (Å²) in [5, 5.41) is 0. The molecule has 0 saturated heterocycles. The van der Waals surface area contributed by atoms with E-state index in [1.807, 2.05) is 0 Å². The lowest BCUT2D eigenvalue weighted by Crippen LogP contribution is -2.12. The number of hydrogen-bond donors (Lipinski definition) is 0. The van der Waals surface area contributed by atoms with Crippen molar-refractivity contribution >= 4 is 11.6 Å². The second-order valence-corrected chi connectivity index (χ2v) is 5.64. The van der Waals surface area contributed by atoms with E-state index in [0.717, 1.165) is 38.4 Å². The van der Waals surface area contributed by atoms with Crippen LogP contribution in [0.15, 0.2) is 0 Å². The first-order chi connectivity index (χ1) is 10.9. The van der Waals surface area contributed by atoms with E-state index in [4.69, 9.17) is 30.5 Å². The maximum atomic E-state index is 5.61. The van der Waals surface area contributed by atoms with Gasteiger partial charge in [-0.1, -0.05) is 32.6 Å². The van der Waals surface area contributed by atoms with Gasteiger partial charge in [-0.15, -0.1) is 11.6 Å². The quantitative estimate of drug-likeness (QED) is 0.263. The summed E-state index contributed by atoms with van der Waals surface area (Å²) >= 11 is 5.61.